The van der Waals surface area contributed by atoms with Gasteiger partial charge in [-0.2, -0.15) is 5.10 Å². The van der Waals surface area contributed by atoms with Crippen molar-refractivity contribution < 1.29 is 23.8 Å². The quantitative estimate of drug-likeness (QED) is 0.583. The van der Waals surface area contributed by atoms with Gasteiger partial charge in [-0.25, -0.2) is 9.59 Å². The number of carbonyl (C=O) groups is 2. The van der Waals surface area contributed by atoms with Crippen molar-refractivity contribution in [2.24, 2.45) is 0 Å². The van der Waals surface area contributed by atoms with Crippen molar-refractivity contribution in [1.82, 2.24) is 9.78 Å². The monoisotopic (exact) mass is 406 g/mol. The van der Waals surface area contributed by atoms with Crippen molar-refractivity contribution in [2.75, 3.05) is 7.11 Å². The molecule has 0 saturated carbocycles. The molecule has 0 N–H and O–H groups in total. The van der Waals surface area contributed by atoms with Crippen LogP contribution < -0.4 is 4.74 Å². The second kappa shape index (κ2) is 8.41. The second-order valence-electron chi connectivity index (χ2n) is 7.18. The highest BCUT2D eigenvalue weighted by molar-refractivity contribution is 5.97. The van der Waals surface area contributed by atoms with Gasteiger partial charge in [0.25, 0.3) is 0 Å². The van der Waals surface area contributed by atoms with E-state index in [1.54, 1.807) is 37.0 Å². The summed E-state index contributed by atoms with van der Waals surface area (Å²) in [6.45, 7) is 2.27. The Hall–Kier alpha value is -3.61. The van der Waals surface area contributed by atoms with Gasteiger partial charge in [0.2, 0.25) is 6.10 Å². The second-order valence-corrected chi connectivity index (χ2v) is 7.18. The Balaban J connectivity index is 1.65. The lowest BCUT2D eigenvalue weighted by atomic mass is 10.1. The Morgan fingerprint density at radius 1 is 1.17 bits per heavy atom. The average molecular weight is 406 g/mol. The van der Waals surface area contributed by atoms with Gasteiger partial charge in [-0.1, -0.05) is 30.3 Å². The highest BCUT2D eigenvalue weighted by atomic mass is 16.6. The fourth-order valence-corrected chi connectivity index (χ4v) is 3.39. The number of ether oxygens (including phenoxy) is 3. The van der Waals surface area contributed by atoms with Gasteiger partial charge in [-0.3, -0.25) is 4.68 Å². The largest absolute Gasteiger partial charge is 0.497 e. The molecule has 2 atom stereocenters. The zero-order chi connectivity index (χ0) is 21.1. The van der Waals surface area contributed by atoms with Crippen LogP contribution in [-0.2, 0) is 20.8 Å². The molecule has 7 nitrogen and oxygen atoms in total. The van der Waals surface area contributed by atoms with E-state index < -0.39 is 18.0 Å². The number of nitrogens with zero attached hydrogens (tertiary/aromatic N) is 2. The lowest BCUT2D eigenvalue weighted by molar-refractivity contribution is -0.147. The highest BCUT2D eigenvalue weighted by Gasteiger charge is 2.36. The van der Waals surface area contributed by atoms with Gasteiger partial charge in [0.15, 0.2) is 0 Å². The fraction of sp³-hybridized carbons (Fsp3) is 0.261. The summed E-state index contributed by atoms with van der Waals surface area (Å²) < 4.78 is 17.4. The molecule has 30 heavy (non-hydrogen) atoms. The topological polar surface area (TPSA) is 79.7 Å². The van der Waals surface area contributed by atoms with E-state index in [0.29, 0.717) is 30.0 Å². The smallest absolute Gasteiger partial charge is 0.347 e. The first-order chi connectivity index (χ1) is 14.5. The van der Waals surface area contributed by atoms with E-state index in [2.05, 4.69) is 5.10 Å². The number of rotatable bonds is 6. The molecule has 1 aliphatic heterocycles. The summed E-state index contributed by atoms with van der Waals surface area (Å²) in [5, 5.41) is 4.62. The van der Waals surface area contributed by atoms with Crippen LogP contribution >= 0.6 is 0 Å². The normalized spacial score (nSPS) is 18.1. The molecule has 1 aromatic heterocycles. The molecule has 0 spiro atoms. The molecular formula is C23H22N2O5. The van der Waals surface area contributed by atoms with Crippen LogP contribution in [0.5, 0.6) is 5.75 Å². The Kier molecular flexibility index (Phi) is 5.52. The molecule has 0 radical (unpaired) electrons. The number of hydrogen-bond acceptors (Lipinski definition) is 6. The average Bonchev–Trinajstić information content (AvgIpc) is 3.31. The molecule has 2 heterocycles. The van der Waals surface area contributed by atoms with E-state index in [0.717, 1.165) is 11.1 Å². The minimum absolute atomic E-state index is 0.267. The summed E-state index contributed by atoms with van der Waals surface area (Å²) >= 11 is 0. The van der Waals surface area contributed by atoms with E-state index in [4.69, 9.17) is 14.2 Å². The van der Waals surface area contributed by atoms with Crippen molar-refractivity contribution in [2.45, 2.75) is 32.1 Å². The van der Waals surface area contributed by atoms with Crippen molar-refractivity contribution in [3.05, 3.63) is 71.9 Å². The standard InChI is InChI=1S/C23H22N2O5/c1-15-12-20(23(27)29-15)30-22(26)19-14-25(13-16-6-4-3-5-7-16)24-21(19)17-8-10-18(28-2)11-9-17/h3-11,14-15,20H,12-13H2,1-2H3. The highest BCUT2D eigenvalue weighted by Crippen LogP contribution is 2.27. The maximum Gasteiger partial charge on any atom is 0.347 e. The summed E-state index contributed by atoms with van der Waals surface area (Å²) in [6.07, 6.45) is 0.838. The number of methoxy groups -OCH3 is 1. The van der Waals surface area contributed by atoms with Crippen LogP contribution in [-0.4, -0.2) is 41.0 Å². The molecule has 0 bridgehead atoms. The first kappa shape index (κ1) is 19.7. The van der Waals surface area contributed by atoms with E-state index in [9.17, 15) is 9.59 Å². The minimum Gasteiger partial charge on any atom is -0.497 e. The van der Waals surface area contributed by atoms with Gasteiger partial charge in [-0.05, 0) is 36.8 Å². The first-order valence-electron chi connectivity index (χ1n) is 9.71. The van der Waals surface area contributed by atoms with Crippen molar-refractivity contribution in [1.29, 1.82) is 0 Å². The maximum atomic E-state index is 12.9. The Morgan fingerprint density at radius 2 is 1.90 bits per heavy atom. The molecule has 3 aromatic rings. The van der Waals surface area contributed by atoms with Crippen LogP contribution in [0.3, 0.4) is 0 Å². The maximum absolute atomic E-state index is 12.9. The molecule has 1 saturated heterocycles. The molecule has 0 amide bonds. The summed E-state index contributed by atoms with van der Waals surface area (Å²) in [6, 6.07) is 17.1. The Labute approximate surface area is 174 Å². The molecule has 2 aromatic carbocycles. The Bertz CT molecular complexity index is 1040. The van der Waals surface area contributed by atoms with Crippen LogP contribution in [0.25, 0.3) is 11.3 Å². The summed E-state index contributed by atoms with van der Waals surface area (Å²) in [5.74, 6) is -0.413. The van der Waals surface area contributed by atoms with Crippen molar-refractivity contribution >= 4 is 11.9 Å². The van der Waals surface area contributed by atoms with Crippen LogP contribution in [0.2, 0.25) is 0 Å². The molecule has 2 unspecified atom stereocenters. The third kappa shape index (κ3) is 4.20. The lowest BCUT2D eigenvalue weighted by Gasteiger charge is -2.08. The SMILES string of the molecule is COc1ccc(-c2nn(Cc3ccccc3)cc2C(=O)OC2CC(C)OC2=O)cc1. The number of aromatic nitrogens is 2. The van der Waals surface area contributed by atoms with Gasteiger partial charge in [0.05, 0.1) is 13.7 Å². The molecule has 4 rings (SSSR count). The van der Waals surface area contributed by atoms with E-state index >= 15 is 0 Å². The number of carbonyl (C=O) groups excluding carboxylic acids is 2. The summed E-state index contributed by atoms with van der Waals surface area (Å²) in [5.41, 5.74) is 2.58. The molecular weight excluding hydrogens is 384 g/mol. The molecule has 7 heteroatoms. The number of benzene rings is 2. The van der Waals surface area contributed by atoms with Crippen LogP contribution in [0, 0.1) is 0 Å². The fourth-order valence-electron chi connectivity index (χ4n) is 3.39. The van der Waals surface area contributed by atoms with Crippen molar-refractivity contribution in [3.63, 3.8) is 0 Å². The van der Waals surface area contributed by atoms with Crippen LogP contribution in [0.15, 0.2) is 60.8 Å². The minimum atomic E-state index is -0.895. The summed E-state index contributed by atoms with van der Waals surface area (Å²) in [4.78, 5) is 24.8. The predicted molar refractivity (Wildman–Crippen MR) is 109 cm³/mol. The van der Waals surface area contributed by atoms with Gasteiger partial charge >= 0.3 is 11.9 Å². The van der Waals surface area contributed by atoms with Gasteiger partial charge in [-0.15, -0.1) is 0 Å². The van der Waals surface area contributed by atoms with Gasteiger partial charge in [0, 0.05) is 18.2 Å². The van der Waals surface area contributed by atoms with Crippen LogP contribution in [0.4, 0.5) is 0 Å². The third-order valence-electron chi connectivity index (χ3n) is 4.91. The Morgan fingerprint density at radius 3 is 2.53 bits per heavy atom. The number of esters is 2. The molecule has 1 fully saturated rings. The first-order valence-corrected chi connectivity index (χ1v) is 9.71. The molecule has 0 aliphatic carbocycles. The summed E-state index contributed by atoms with van der Waals surface area (Å²) in [7, 11) is 1.59. The predicted octanol–water partition coefficient (Wildman–Crippen LogP) is 3.47. The third-order valence-corrected chi connectivity index (χ3v) is 4.91. The molecule has 1 aliphatic rings. The van der Waals surface area contributed by atoms with E-state index in [1.807, 2.05) is 42.5 Å². The van der Waals surface area contributed by atoms with Crippen LogP contribution in [0.1, 0.15) is 29.3 Å². The van der Waals surface area contributed by atoms with E-state index in [-0.39, 0.29) is 6.10 Å². The zero-order valence-corrected chi connectivity index (χ0v) is 16.8. The van der Waals surface area contributed by atoms with Gasteiger partial charge in [0.1, 0.15) is 23.1 Å². The van der Waals surface area contributed by atoms with Gasteiger partial charge < -0.3 is 14.2 Å². The zero-order valence-electron chi connectivity index (χ0n) is 16.8. The lowest BCUT2D eigenvalue weighted by Crippen LogP contribution is -2.22. The number of hydrogen-bond donors (Lipinski definition) is 0. The van der Waals surface area contributed by atoms with E-state index in [1.165, 1.54) is 0 Å². The molecule has 154 valence electrons. The van der Waals surface area contributed by atoms with Crippen molar-refractivity contribution in [3.8, 4) is 17.0 Å². The number of cyclic esters (lactones) is 1.